The minimum Gasteiger partial charge on any atom is -0.479 e. The quantitative estimate of drug-likeness (QED) is 0.864. The molecule has 2 aromatic rings. The second kappa shape index (κ2) is 4.89. The number of carboxylic acid groups (broad SMARTS) is 1. The van der Waals surface area contributed by atoms with Crippen molar-refractivity contribution in [3.63, 3.8) is 0 Å². The largest absolute Gasteiger partial charge is 0.479 e. The molecule has 1 unspecified atom stereocenters. The predicted molar refractivity (Wildman–Crippen MR) is 80.4 cm³/mol. The molecule has 21 heavy (non-hydrogen) atoms. The third-order valence-corrected chi connectivity index (χ3v) is 4.59. The SMILES string of the molecule is Cc1ccc(-c2nc3c(s2)C(=O)C(C(=O)O)N=C3)cc1C. The van der Waals surface area contributed by atoms with Crippen molar-refractivity contribution in [3.8, 4) is 10.6 Å². The molecule has 1 aromatic carbocycles. The summed E-state index contributed by atoms with van der Waals surface area (Å²) in [4.78, 5) is 31.6. The Labute approximate surface area is 125 Å². The van der Waals surface area contributed by atoms with Crippen LogP contribution in [0.15, 0.2) is 23.2 Å². The van der Waals surface area contributed by atoms with Crippen molar-refractivity contribution in [1.82, 2.24) is 4.98 Å². The molecule has 0 radical (unpaired) electrons. The summed E-state index contributed by atoms with van der Waals surface area (Å²) in [5.74, 6) is -1.73. The molecule has 1 atom stereocenters. The highest BCUT2D eigenvalue weighted by atomic mass is 32.1. The van der Waals surface area contributed by atoms with Gasteiger partial charge in [0.25, 0.3) is 0 Å². The lowest BCUT2D eigenvalue weighted by atomic mass is 10.1. The zero-order valence-corrected chi connectivity index (χ0v) is 12.3. The number of carbonyl (C=O) groups excluding carboxylic acids is 1. The number of ketones is 1. The third kappa shape index (κ3) is 2.27. The molecule has 0 fully saturated rings. The van der Waals surface area contributed by atoms with Gasteiger partial charge in [0, 0.05) is 5.56 Å². The van der Waals surface area contributed by atoms with Crippen LogP contribution in [-0.4, -0.2) is 34.1 Å². The summed E-state index contributed by atoms with van der Waals surface area (Å²) in [5, 5.41) is 9.68. The molecule has 0 aliphatic carbocycles. The van der Waals surface area contributed by atoms with Gasteiger partial charge in [-0.3, -0.25) is 9.79 Å². The standard InChI is InChI=1S/C15H12N2O3S/c1-7-3-4-9(5-8(7)2)14-17-10-6-16-11(15(19)20)12(18)13(10)21-14/h3-6,11H,1-2H3,(H,19,20). The van der Waals surface area contributed by atoms with E-state index in [-0.39, 0.29) is 0 Å². The van der Waals surface area contributed by atoms with Crippen molar-refractivity contribution >= 4 is 29.3 Å². The second-order valence-corrected chi connectivity index (χ2v) is 5.91. The molecule has 2 heterocycles. The lowest BCUT2D eigenvalue weighted by molar-refractivity contribution is -0.137. The summed E-state index contributed by atoms with van der Waals surface area (Å²) in [7, 11) is 0. The molecule has 5 nitrogen and oxygen atoms in total. The first-order valence-electron chi connectivity index (χ1n) is 6.36. The smallest absolute Gasteiger partial charge is 0.336 e. The zero-order chi connectivity index (χ0) is 15.1. The molecular weight excluding hydrogens is 288 g/mol. The number of aryl methyl sites for hydroxylation is 2. The van der Waals surface area contributed by atoms with E-state index in [0.717, 1.165) is 11.1 Å². The van der Waals surface area contributed by atoms with E-state index in [1.807, 2.05) is 32.0 Å². The van der Waals surface area contributed by atoms with E-state index in [1.165, 1.54) is 23.1 Å². The highest BCUT2D eigenvalue weighted by Crippen LogP contribution is 2.31. The van der Waals surface area contributed by atoms with Crippen molar-refractivity contribution in [2.24, 2.45) is 4.99 Å². The van der Waals surface area contributed by atoms with Crippen LogP contribution in [0.2, 0.25) is 0 Å². The van der Waals surface area contributed by atoms with Gasteiger partial charge < -0.3 is 5.11 Å². The molecule has 6 heteroatoms. The van der Waals surface area contributed by atoms with E-state index >= 15 is 0 Å². The van der Waals surface area contributed by atoms with Gasteiger partial charge in [-0.1, -0.05) is 12.1 Å². The molecule has 0 bridgehead atoms. The lowest BCUT2D eigenvalue weighted by Gasteiger charge is -2.08. The van der Waals surface area contributed by atoms with E-state index < -0.39 is 17.8 Å². The van der Waals surface area contributed by atoms with Gasteiger partial charge in [0.2, 0.25) is 11.8 Å². The number of hydrogen-bond donors (Lipinski definition) is 1. The molecule has 1 aliphatic heterocycles. The van der Waals surface area contributed by atoms with Crippen LogP contribution < -0.4 is 0 Å². The molecular formula is C15H12N2O3S. The number of carbonyl (C=O) groups is 2. The molecule has 3 rings (SSSR count). The van der Waals surface area contributed by atoms with Crippen LogP contribution in [0.4, 0.5) is 0 Å². The molecule has 1 N–H and O–H groups in total. The molecule has 0 saturated heterocycles. The van der Waals surface area contributed by atoms with Crippen LogP contribution in [0, 0.1) is 13.8 Å². The number of benzene rings is 1. The van der Waals surface area contributed by atoms with Crippen LogP contribution in [0.25, 0.3) is 10.6 Å². The number of aromatic nitrogens is 1. The Morgan fingerprint density at radius 1 is 1.29 bits per heavy atom. The number of Topliss-reactive ketones (excluding diaryl/α,β-unsaturated/α-hetero) is 1. The summed E-state index contributed by atoms with van der Waals surface area (Å²) >= 11 is 1.22. The minimum absolute atomic E-state index is 0.366. The van der Waals surface area contributed by atoms with Crippen LogP contribution in [0.3, 0.4) is 0 Å². The van der Waals surface area contributed by atoms with E-state index in [0.29, 0.717) is 15.6 Å². The maximum absolute atomic E-state index is 12.1. The fraction of sp³-hybridized carbons (Fsp3) is 0.200. The number of aliphatic imine (C=N–C) groups is 1. The molecule has 0 spiro atoms. The minimum atomic E-state index is -1.34. The van der Waals surface area contributed by atoms with Crippen molar-refractivity contribution < 1.29 is 14.7 Å². The monoisotopic (exact) mass is 300 g/mol. The van der Waals surface area contributed by atoms with Gasteiger partial charge in [0.1, 0.15) is 15.6 Å². The van der Waals surface area contributed by atoms with Crippen molar-refractivity contribution in [3.05, 3.63) is 39.9 Å². The maximum atomic E-state index is 12.1. The molecule has 1 aliphatic rings. The van der Waals surface area contributed by atoms with Crippen molar-refractivity contribution in [2.45, 2.75) is 19.9 Å². The lowest BCUT2D eigenvalue weighted by Crippen LogP contribution is -2.30. The van der Waals surface area contributed by atoms with Gasteiger partial charge in [-0.25, -0.2) is 9.78 Å². The average molecular weight is 300 g/mol. The normalized spacial score (nSPS) is 16.9. The number of carboxylic acids is 1. The molecule has 1 aromatic heterocycles. The van der Waals surface area contributed by atoms with Gasteiger partial charge in [-0.15, -0.1) is 11.3 Å². The van der Waals surface area contributed by atoms with Crippen LogP contribution in [-0.2, 0) is 4.79 Å². The van der Waals surface area contributed by atoms with Crippen molar-refractivity contribution in [1.29, 1.82) is 0 Å². The van der Waals surface area contributed by atoms with Crippen molar-refractivity contribution in [2.75, 3.05) is 0 Å². The summed E-state index contributed by atoms with van der Waals surface area (Å²) in [5.41, 5.74) is 3.70. The summed E-state index contributed by atoms with van der Waals surface area (Å²) in [6, 6.07) is 4.62. The number of nitrogens with zero attached hydrogens (tertiary/aromatic N) is 2. The van der Waals surface area contributed by atoms with Gasteiger partial charge in [0.15, 0.2) is 0 Å². The Balaban J connectivity index is 2.04. The first kappa shape index (κ1) is 13.6. The maximum Gasteiger partial charge on any atom is 0.336 e. The van der Waals surface area contributed by atoms with Crippen LogP contribution >= 0.6 is 11.3 Å². The Kier molecular flexibility index (Phi) is 3.17. The first-order chi connectivity index (χ1) is 9.97. The number of aliphatic carboxylic acids is 1. The van der Waals surface area contributed by atoms with Gasteiger partial charge in [-0.05, 0) is 31.0 Å². The molecule has 106 valence electrons. The second-order valence-electron chi connectivity index (χ2n) is 4.92. The highest BCUT2D eigenvalue weighted by Gasteiger charge is 2.33. The van der Waals surface area contributed by atoms with Crippen LogP contribution in [0.1, 0.15) is 26.5 Å². The average Bonchev–Trinajstić information content (AvgIpc) is 2.87. The Morgan fingerprint density at radius 3 is 2.71 bits per heavy atom. The Hall–Kier alpha value is -2.34. The summed E-state index contributed by atoms with van der Waals surface area (Å²) < 4.78 is 0. The van der Waals surface area contributed by atoms with E-state index in [9.17, 15) is 9.59 Å². The zero-order valence-electron chi connectivity index (χ0n) is 11.5. The number of fused-ring (bicyclic) bond motifs is 1. The summed E-state index contributed by atoms with van der Waals surface area (Å²) in [6.07, 6.45) is 1.37. The number of hydrogen-bond acceptors (Lipinski definition) is 5. The molecule has 0 amide bonds. The van der Waals surface area contributed by atoms with E-state index in [1.54, 1.807) is 0 Å². The van der Waals surface area contributed by atoms with Crippen LogP contribution in [0.5, 0.6) is 0 Å². The first-order valence-corrected chi connectivity index (χ1v) is 7.17. The summed E-state index contributed by atoms with van der Waals surface area (Å²) in [6.45, 7) is 4.04. The topological polar surface area (TPSA) is 79.6 Å². The van der Waals surface area contributed by atoms with Gasteiger partial charge >= 0.3 is 5.97 Å². The fourth-order valence-corrected chi connectivity index (χ4v) is 3.10. The Morgan fingerprint density at radius 2 is 2.05 bits per heavy atom. The van der Waals surface area contributed by atoms with Gasteiger partial charge in [-0.2, -0.15) is 0 Å². The Bertz CT molecular complexity index is 792. The number of rotatable bonds is 2. The number of thiazole rings is 1. The third-order valence-electron chi connectivity index (χ3n) is 3.46. The predicted octanol–water partition coefficient (Wildman–Crippen LogP) is 2.50. The fourth-order valence-electron chi connectivity index (χ4n) is 2.11. The highest BCUT2D eigenvalue weighted by molar-refractivity contribution is 7.17. The van der Waals surface area contributed by atoms with Gasteiger partial charge in [0.05, 0.1) is 6.21 Å². The van der Waals surface area contributed by atoms with E-state index in [2.05, 4.69) is 9.98 Å². The van der Waals surface area contributed by atoms with E-state index in [4.69, 9.17) is 5.11 Å². The molecule has 0 saturated carbocycles.